The van der Waals surface area contributed by atoms with Crippen LogP contribution in [0.15, 0.2) is 0 Å². The Kier molecular flexibility index (Phi) is 35.6. The van der Waals surface area contributed by atoms with Crippen LogP contribution in [0.4, 0.5) is 0 Å². The Bertz CT molecular complexity index is 129. The molecule has 2 N–H and O–H groups in total. The molecule has 0 aromatic rings. The molecule has 0 rings (SSSR count). The molecule has 0 fully saturated rings. The van der Waals surface area contributed by atoms with Gasteiger partial charge in [0, 0.05) is 0 Å². The van der Waals surface area contributed by atoms with Crippen LogP contribution in [0.5, 0.6) is 0 Å². The smallest absolute Gasteiger partial charge is 0.343 e. The van der Waals surface area contributed by atoms with E-state index in [0.717, 1.165) is 12.8 Å². The summed E-state index contributed by atoms with van der Waals surface area (Å²) in [6.07, 6.45) is 7.35. The van der Waals surface area contributed by atoms with Gasteiger partial charge in [0.2, 0.25) is 5.69 Å². The predicted molar refractivity (Wildman–Crippen MR) is 77.5 cm³/mol. The summed E-state index contributed by atoms with van der Waals surface area (Å²) in [5.74, 6) is 0. The molecule has 0 heterocycles. The molecule has 0 bridgehead atoms. The third-order valence-electron chi connectivity index (χ3n) is 1.21. The van der Waals surface area contributed by atoms with Gasteiger partial charge in [-0.25, -0.2) is 0 Å². The van der Waals surface area contributed by atoms with Gasteiger partial charge in [-0.1, -0.05) is 51.8 Å². The third-order valence-corrected chi connectivity index (χ3v) is 1.21. The van der Waals surface area contributed by atoms with E-state index in [1.165, 1.54) is 25.7 Å². The van der Waals surface area contributed by atoms with E-state index in [1.807, 2.05) is 0 Å². The van der Waals surface area contributed by atoms with Crippen molar-refractivity contribution in [2.45, 2.75) is 52.4 Å². The van der Waals surface area contributed by atoms with Crippen LogP contribution in [0.1, 0.15) is 52.4 Å². The molecule has 0 aromatic carbocycles. The molecule has 0 amide bonds. The summed E-state index contributed by atoms with van der Waals surface area (Å²) in [6, 6.07) is 0. The van der Waals surface area contributed by atoms with E-state index in [-0.39, 0.29) is 19.5 Å². The number of hydrogen-bond acceptors (Lipinski definition) is 1. The van der Waals surface area contributed by atoms with Crippen LogP contribution in [-0.4, -0.2) is 9.79 Å². The Balaban J connectivity index is -0.0000000668. The largest absolute Gasteiger partial charge is 2.00 e. The van der Waals surface area contributed by atoms with Crippen LogP contribution in [0.25, 0.3) is 0 Å². The van der Waals surface area contributed by atoms with Gasteiger partial charge in [-0.2, -0.15) is 12.8 Å². The first kappa shape index (κ1) is 26.2. The van der Waals surface area contributed by atoms with Crippen molar-refractivity contribution >= 4 is 29.7 Å². The number of unbranched alkanes of at least 4 members (excludes halogenated alkanes) is 4. The average Bonchev–Trinajstić information content (AvgIpc) is 2.12. The van der Waals surface area contributed by atoms with Gasteiger partial charge in [-0.3, -0.25) is 0 Å². The molecular formula is C10H25O2PS2Zn. The second-order valence-corrected chi connectivity index (χ2v) is 7.97. The summed E-state index contributed by atoms with van der Waals surface area (Å²) in [6.45, 7) is 11.6. The molecule has 6 heteroatoms. The van der Waals surface area contributed by atoms with Crippen molar-refractivity contribution < 1.29 is 29.3 Å². The Hall–Kier alpha value is 1.54. The molecule has 0 saturated heterocycles. The van der Waals surface area contributed by atoms with Crippen LogP contribution in [-0.2, 0) is 31.3 Å². The van der Waals surface area contributed by atoms with Crippen molar-refractivity contribution in [2.75, 3.05) is 0 Å². The zero-order chi connectivity index (χ0) is 12.7. The molecule has 0 radical (unpaired) electrons. The van der Waals surface area contributed by atoms with Crippen molar-refractivity contribution in [3.05, 3.63) is 13.8 Å². The normalized spacial score (nSPS) is 8.94. The summed E-state index contributed by atoms with van der Waals surface area (Å²) >= 11 is 7.07. The minimum atomic E-state index is -3.11. The van der Waals surface area contributed by atoms with Crippen LogP contribution in [0.2, 0.25) is 0 Å². The van der Waals surface area contributed by atoms with Gasteiger partial charge in [0.25, 0.3) is 0 Å². The molecule has 0 unspecified atom stereocenters. The number of rotatable bonds is 4. The Morgan fingerprint density at radius 2 is 1.38 bits per heavy atom. The Morgan fingerprint density at radius 1 is 1.06 bits per heavy atom. The van der Waals surface area contributed by atoms with E-state index < -0.39 is 5.69 Å². The van der Waals surface area contributed by atoms with Crippen molar-refractivity contribution in [1.82, 2.24) is 0 Å². The van der Waals surface area contributed by atoms with Gasteiger partial charge in [0.05, 0.1) is 0 Å². The van der Waals surface area contributed by atoms with E-state index in [1.54, 1.807) is 0 Å². The summed E-state index contributed by atoms with van der Waals surface area (Å²) < 4.78 is 0. The summed E-state index contributed by atoms with van der Waals surface area (Å²) in [7, 11) is 0. The summed E-state index contributed by atoms with van der Waals surface area (Å²) in [5, 5.41) is 0. The second kappa shape index (κ2) is 21.8. The zero-order valence-corrected chi connectivity index (χ0v) is 16.1. The van der Waals surface area contributed by atoms with E-state index in [4.69, 9.17) is 9.79 Å². The molecule has 96 valence electrons. The zero-order valence-electron chi connectivity index (χ0n) is 10.6. The molecule has 0 atom stereocenters. The van der Waals surface area contributed by atoms with Crippen LogP contribution in [0.3, 0.4) is 0 Å². The summed E-state index contributed by atoms with van der Waals surface area (Å²) in [4.78, 5) is 15.7. The van der Waals surface area contributed by atoms with E-state index in [2.05, 4.69) is 51.8 Å². The molecule has 0 spiro atoms. The monoisotopic (exact) mass is 336 g/mol. The SMILES string of the molecule is OP(O)(=S)S.[CH2-]CCC.[CH2-]CCCCC.[Zn+2]. The average molecular weight is 338 g/mol. The maximum absolute atomic E-state index is 7.87. The maximum Gasteiger partial charge on any atom is 2.00 e. The topological polar surface area (TPSA) is 40.5 Å². The summed E-state index contributed by atoms with van der Waals surface area (Å²) in [5.41, 5.74) is -3.11. The van der Waals surface area contributed by atoms with E-state index in [9.17, 15) is 0 Å². The van der Waals surface area contributed by atoms with Gasteiger partial charge in [-0.05, 0) is 11.8 Å². The number of thiol groups is 1. The van der Waals surface area contributed by atoms with Gasteiger partial charge in [0.1, 0.15) is 0 Å². The van der Waals surface area contributed by atoms with E-state index >= 15 is 0 Å². The molecule has 0 aliphatic heterocycles. The van der Waals surface area contributed by atoms with Crippen LogP contribution >= 0.6 is 17.9 Å². The third kappa shape index (κ3) is 107. The van der Waals surface area contributed by atoms with Gasteiger partial charge < -0.3 is 23.6 Å². The van der Waals surface area contributed by atoms with E-state index in [0.29, 0.717) is 0 Å². The van der Waals surface area contributed by atoms with Gasteiger partial charge >= 0.3 is 19.5 Å². The van der Waals surface area contributed by atoms with Crippen molar-refractivity contribution in [3.8, 4) is 0 Å². The minimum Gasteiger partial charge on any atom is -0.343 e. The van der Waals surface area contributed by atoms with Crippen molar-refractivity contribution in [1.29, 1.82) is 0 Å². The van der Waals surface area contributed by atoms with Gasteiger partial charge in [-0.15, -0.1) is 0 Å². The molecule has 2 nitrogen and oxygen atoms in total. The van der Waals surface area contributed by atoms with Crippen molar-refractivity contribution in [2.24, 2.45) is 0 Å². The molecular weight excluding hydrogens is 313 g/mol. The molecule has 16 heavy (non-hydrogen) atoms. The quantitative estimate of drug-likeness (QED) is 0.237. The second-order valence-electron chi connectivity index (χ2n) is 2.93. The Labute approximate surface area is 125 Å². The minimum absolute atomic E-state index is 0. The fraction of sp³-hybridized carbons (Fsp3) is 0.800. The standard InChI is InChI=1S/C6H13.C4H9.H3O2PS2.Zn/c1-3-5-6-4-2;1-3-4-2;1-3(2,4)5;/h1,3-6H2,2H3;1,3-4H2,2H3;(H3,1,2,4,5);/q2*-1;;+2. The first-order valence-electron chi connectivity index (χ1n) is 5.20. The molecule has 0 aromatic heterocycles. The van der Waals surface area contributed by atoms with Gasteiger partial charge in [0.15, 0.2) is 0 Å². The fourth-order valence-electron chi connectivity index (χ4n) is 0.427. The Morgan fingerprint density at radius 3 is 1.44 bits per heavy atom. The fourth-order valence-corrected chi connectivity index (χ4v) is 0.427. The molecule has 0 aliphatic rings. The first-order valence-corrected chi connectivity index (χ1v) is 9.06. The first-order chi connectivity index (χ1) is 6.83. The predicted octanol–water partition coefficient (Wildman–Crippen LogP) is 4.14. The molecule has 0 saturated carbocycles. The number of hydrogen-bond donors (Lipinski definition) is 3. The molecule has 0 aliphatic carbocycles. The van der Waals surface area contributed by atoms with Crippen molar-refractivity contribution in [3.63, 3.8) is 0 Å². The maximum atomic E-state index is 7.87. The van der Waals surface area contributed by atoms with Crippen LogP contribution in [0, 0.1) is 13.8 Å². The van der Waals surface area contributed by atoms with Crippen LogP contribution < -0.4 is 0 Å².